The van der Waals surface area contributed by atoms with Gasteiger partial charge in [-0.25, -0.2) is 4.79 Å². The zero-order valence-electron chi connectivity index (χ0n) is 11.8. The molecule has 6 heteroatoms. The van der Waals surface area contributed by atoms with E-state index in [0.717, 1.165) is 0 Å². The molecular weight excluding hydrogens is 250 g/mol. The smallest absolute Gasteiger partial charge is 0.410 e. The average Bonchev–Trinajstić information content (AvgIpc) is 2.19. The predicted molar refractivity (Wildman–Crippen MR) is 68.8 cm³/mol. The minimum atomic E-state index is -0.991. The van der Waals surface area contributed by atoms with Gasteiger partial charge >= 0.3 is 12.1 Å². The van der Waals surface area contributed by atoms with Gasteiger partial charge in [0.05, 0.1) is 12.0 Å². The molecule has 6 nitrogen and oxygen atoms in total. The summed E-state index contributed by atoms with van der Waals surface area (Å²) >= 11 is 0. The Hall–Kier alpha value is -1.30. The summed E-state index contributed by atoms with van der Waals surface area (Å²) < 4.78 is 5.26. The number of carboxylic acid groups (broad SMARTS) is 1. The van der Waals surface area contributed by atoms with Crippen LogP contribution in [0.25, 0.3) is 0 Å². The van der Waals surface area contributed by atoms with E-state index in [-0.39, 0.29) is 13.0 Å². The molecule has 1 rings (SSSR count). The summed E-state index contributed by atoms with van der Waals surface area (Å²) in [6, 6.07) is 0. The van der Waals surface area contributed by atoms with Crippen LogP contribution in [-0.2, 0) is 9.53 Å². The van der Waals surface area contributed by atoms with Crippen LogP contribution in [0.1, 0.15) is 40.0 Å². The van der Waals surface area contributed by atoms with Crippen LogP contribution < -0.4 is 0 Å². The van der Waals surface area contributed by atoms with Crippen molar-refractivity contribution >= 4 is 12.1 Å². The summed E-state index contributed by atoms with van der Waals surface area (Å²) in [5, 5.41) is 18.8. The molecule has 2 atom stereocenters. The molecule has 0 spiro atoms. The number of aliphatic carboxylic acids is 1. The first-order valence-electron chi connectivity index (χ1n) is 6.58. The molecule has 1 amide bonds. The van der Waals surface area contributed by atoms with E-state index >= 15 is 0 Å². The lowest BCUT2D eigenvalue weighted by molar-refractivity contribution is -0.143. The number of aliphatic hydroxyl groups is 1. The van der Waals surface area contributed by atoms with Crippen LogP contribution in [-0.4, -0.2) is 52.0 Å². The first-order chi connectivity index (χ1) is 8.69. The van der Waals surface area contributed by atoms with E-state index in [1.165, 1.54) is 4.90 Å². The second kappa shape index (κ2) is 6.23. The second-order valence-corrected chi connectivity index (χ2v) is 5.99. The predicted octanol–water partition coefficient (Wildman–Crippen LogP) is 1.47. The van der Waals surface area contributed by atoms with Crippen LogP contribution in [0.5, 0.6) is 0 Å². The summed E-state index contributed by atoms with van der Waals surface area (Å²) in [5.41, 5.74) is -0.600. The molecule has 0 aromatic heterocycles. The molecule has 0 aliphatic carbocycles. The molecular formula is C13H23NO5. The molecule has 19 heavy (non-hydrogen) atoms. The van der Waals surface area contributed by atoms with Gasteiger partial charge in [0.1, 0.15) is 5.60 Å². The lowest BCUT2D eigenvalue weighted by atomic mass is 9.96. The Morgan fingerprint density at radius 2 is 1.95 bits per heavy atom. The van der Waals surface area contributed by atoms with E-state index in [1.807, 2.05) is 0 Å². The number of ether oxygens (including phenoxy) is 1. The first-order valence-corrected chi connectivity index (χ1v) is 6.58. The monoisotopic (exact) mass is 273 g/mol. The van der Waals surface area contributed by atoms with Crippen molar-refractivity contribution in [1.29, 1.82) is 0 Å². The Morgan fingerprint density at radius 3 is 2.47 bits per heavy atom. The van der Waals surface area contributed by atoms with Crippen molar-refractivity contribution in [2.24, 2.45) is 5.92 Å². The van der Waals surface area contributed by atoms with Gasteiger partial charge in [0.2, 0.25) is 0 Å². The van der Waals surface area contributed by atoms with Crippen molar-refractivity contribution in [3.05, 3.63) is 0 Å². The fraction of sp³-hybridized carbons (Fsp3) is 0.846. The Labute approximate surface area is 113 Å². The third-order valence-corrected chi connectivity index (χ3v) is 2.96. The van der Waals surface area contributed by atoms with Gasteiger partial charge < -0.3 is 19.8 Å². The van der Waals surface area contributed by atoms with Crippen LogP contribution in [0.3, 0.4) is 0 Å². The fourth-order valence-corrected chi connectivity index (χ4v) is 2.07. The van der Waals surface area contributed by atoms with Gasteiger partial charge in [-0.05, 0) is 40.0 Å². The highest BCUT2D eigenvalue weighted by atomic mass is 16.6. The number of hydrogen-bond acceptors (Lipinski definition) is 4. The summed E-state index contributed by atoms with van der Waals surface area (Å²) in [6.45, 7) is 5.81. The van der Waals surface area contributed by atoms with Gasteiger partial charge in [-0.1, -0.05) is 0 Å². The number of hydrogen-bond donors (Lipinski definition) is 2. The number of nitrogens with zero attached hydrogens (tertiary/aromatic N) is 1. The molecule has 0 radical (unpaired) electrons. The van der Waals surface area contributed by atoms with Crippen LogP contribution in [0.2, 0.25) is 0 Å². The number of aliphatic hydroxyl groups excluding tert-OH is 1. The van der Waals surface area contributed by atoms with Crippen LogP contribution in [0.15, 0.2) is 0 Å². The normalized spacial score (nSPS) is 25.4. The molecule has 2 N–H and O–H groups in total. The number of carbonyl (C=O) groups is 2. The third-order valence-electron chi connectivity index (χ3n) is 2.96. The quantitative estimate of drug-likeness (QED) is 0.755. The molecule has 0 aromatic carbocycles. The van der Waals surface area contributed by atoms with E-state index in [4.69, 9.17) is 9.84 Å². The number of rotatable bonds is 1. The maximum atomic E-state index is 12.0. The van der Waals surface area contributed by atoms with Crippen LogP contribution in [0, 0.1) is 5.92 Å². The molecule has 1 aliphatic rings. The molecule has 1 heterocycles. The average molecular weight is 273 g/mol. The maximum absolute atomic E-state index is 12.0. The number of amides is 1. The molecule has 1 fully saturated rings. The zero-order valence-corrected chi connectivity index (χ0v) is 11.8. The van der Waals surface area contributed by atoms with E-state index in [2.05, 4.69) is 0 Å². The number of carbonyl (C=O) groups excluding carboxylic acids is 1. The highest BCUT2D eigenvalue weighted by Crippen LogP contribution is 2.19. The van der Waals surface area contributed by atoms with E-state index in [1.54, 1.807) is 20.8 Å². The molecule has 1 saturated heterocycles. The van der Waals surface area contributed by atoms with Crippen LogP contribution in [0.4, 0.5) is 4.79 Å². The van der Waals surface area contributed by atoms with Gasteiger partial charge in [0, 0.05) is 13.1 Å². The third kappa shape index (κ3) is 5.46. The molecule has 110 valence electrons. The van der Waals surface area contributed by atoms with Gasteiger partial charge in [0.15, 0.2) is 0 Å². The molecule has 0 bridgehead atoms. The summed E-state index contributed by atoms with van der Waals surface area (Å²) in [5.74, 6) is -1.74. The van der Waals surface area contributed by atoms with Crippen molar-refractivity contribution in [2.45, 2.75) is 51.7 Å². The van der Waals surface area contributed by atoms with Crippen molar-refractivity contribution in [3.63, 3.8) is 0 Å². The van der Waals surface area contributed by atoms with Gasteiger partial charge in [0.25, 0.3) is 0 Å². The summed E-state index contributed by atoms with van der Waals surface area (Å²) in [7, 11) is 0. The standard InChI is InChI=1S/C13H23NO5/c1-13(2,3)19-12(18)14-6-4-5-10(15)7-9(8-14)11(16)17/h9-10,15H,4-8H2,1-3H3,(H,16,17). The Kier molecular flexibility index (Phi) is 5.17. The first kappa shape index (κ1) is 15.8. The minimum absolute atomic E-state index is 0.0846. The minimum Gasteiger partial charge on any atom is -0.481 e. The Morgan fingerprint density at radius 1 is 1.32 bits per heavy atom. The topological polar surface area (TPSA) is 87.1 Å². The van der Waals surface area contributed by atoms with Crippen molar-refractivity contribution in [2.75, 3.05) is 13.1 Å². The highest BCUT2D eigenvalue weighted by molar-refractivity contribution is 5.73. The van der Waals surface area contributed by atoms with E-state index < -0.39 is 29.7 Å². The van der Waals surface area contributed by atoms with Crippen LogP contribution >= 0.6 is 0 Å². The van der Waals surface area contributed by atoms with Gasteiger partial charge in [-0.2, -0.15) is 0 Å². The maximum Gasteiger partial charge on any atom is 0.410 e. The fourth-order valence-electron chi connectivity index (χ4n) is 2.07. The van der Waals surface area contributed by atoms with E-state index in [9.17, 15) is 14.7 Å². The Balaban J connectivity index is 2.71. The zero-order chi connectivity index (χ0) is 14.6. The van der Waals surface area contributed by atoms with Gasteiger partial charge in [-0.15, -0.1) is 0 Å². The molecule has 0 saturated carbocycles. The molecule has 2 unspecified atom stereocenters. The molecule has 0 aromatic rings. The summed E-state index contributed by atoms with van der Waals surface area (Å²) in [6.07, 6.45) is 0.224. The lowest BCUT2D eigenvalue weighted by Gasteiger charge is -2.31. The second-order valence-electron chi connectivity index (χ2n) is 5.99. The van der Waals surface area contributed by atoms with Crippen molar-refractivity contribution in [1.82, 2.24) is 4.90 Å². The van der Waals surface area contributed by atoms with E-state index in [0.29, 0.717) is 19.4 Å². The number of likely N-dealkylation sites (tertiary alicyclic amines) is 1. The van der Waals surface area contributed by atoms with Crippen molar-refractivity contribution in [3.8, 4) is 0 Å². The SMILES string of the molecule is CC(C)(C)OC(=O)N1CCCC(O)CC(C(=O)O)C1. The Bertz CT molecular complexity index is 336. The lowest BCUT2D eigenvalue weighted by Crippen LogP contribution is -2.43. The van der Waals surface area contributed by atoms with Gasteiger partial charge in [-0.3, -0.25) is 4.79 Å². The summed E-state index contributed by atoms with van der Waals surface area (Å²) in [4.78, 5) is 24.5. The highest BCUT2D eigenvalue weighted by Gasteiger charge is 2.30. The van der Waals surface area contributed by atoms with Crippen molar-refractivity contribution < 1.29 is 24.5 Å². The molecule has 1 aliphatic heterocycles. The number of carboxylic acids is 1. The largest absolute Gasteiger partial charge is 0.481 e.